The molecule has 1 aliphatic rings. The van der Waals surface area contributed by atoms with E-state index in [-0.39, 0.29) is 0 Å². The van der Waals surface area contributed by atoms with E-state index in [2.05, 4.69) is 4.98 Å². The summed E-state index contributed by atoms with van der Waals surface area (Å²) in [5.41, 5.74) is 4.66. The number of aromatic nitrogens is 1. The smallest absolute Gasteiger partial charge is 0.416 e. The second-order valence-electron chi connectivity index (χ2n) is 6.71. The highest BCUT2D eigenvalue weighted by Crippen LogP contribution is 2.40. The first-order chi connectivity index (χ1) is 13.5. The first-order valence-electron chi connectivity index (χ1n) is 8.83. The lowest BCUT2D eigenvalue weighted by molar-refractivity contribution is -0.137. The van der Waals surface area contributed by atoms with E-state index in [1.54, 1.807) is 0 Å². The molecule has 2 heterocycles. The zero-order valence-electron chi connectivity index (χ0n) is 14.6. The van der Waals surface area contributed by atoms with Crippen LogP contribution in [0.1, 0.15) is 11.1 Å². The number of alkyl halides is 3. The molecule has 0 amide bonds. The molecule has 1 aliphatic heterocycles. The Morgan fingerprint density at radius 1 is 0.786 bits per heavy atom. The maximum atomic E-state index is 12.8. The van der Waals surface area contributed by atoms with Crippen molar-refractivity contribution in [3.8, 4) is 28.1 Å². The molecule has 3 aromatic carbocycles. The Morgan fingerprint density at radius 3 is 2.36 bits per heavy atom. The van der Waals surface area contributed by atoms with Crippen molar-refractivity contribution in [1.29, 1.82) is 0 Å². The Balaban J connectivity index is 1.59. The highest BCUT2D eigenvalue weighted by Gasteiger charge is 2.30. The summed E-state index contributed by atoms with van der Waals surface area (Å²) in [5.74, 6) is 0.865. The molecule has 1 aromatic heterocycles. The van der Waals surface area contributed by atoms with Gasteiger partial charge in [-0.05, 0) is 35.9 Å². The molecule has 0 atom stereocenters. The first-order valence-corrected chi connectivity index (χ1v) is 8.83. The van der Waals surface area contributed by atoms with E-state index in [1.807, 2.05) is 48.5 Å². The van der Waals surface area contributed by atoms with Crippen molar-refractivity contribution in [3.05, 3.63) is 83.9 Å². The van der Waals surface area contributed by atoms with Crippen molar-refractivity contribution >= 4 is 10.9 Å². The van der Waals surface area contributed by atoms with Crippen LogP contribution in [0.3, 0.4) is 0 Å². The van der Waals surface area contributed by atoms with Crippen molar-refractivity contribution in [1.82, 2.24) is 4.98 Å². The van der Waals surface area contributed by atoms with Crippen LogP contribution in [0.2, 0.25) is 0 Å². The summed E-state index contributed by atoms with van der Waals surface area (Å²) in [4.78, 5) is 4.66. The van der Waals surface area contributed by atoms with Crippen LogP contribution in [-0.2, 0) is 12.8 Å². The fourth-order valence-electron chi connectivity index (χ4n) is 3.63. The van der Waals surface area contributed by atoms with Gasteiger partial charge in [-0.15, -0.1) is 0 Å². The number of benzene rings is 3. The number of hydrogen-bond donors (Lipinski definition) is 0. The highest BCUT2D eigenvalue weighted by atomic mass is 19.4. The fourth-order valence-corrected chi connectivity index (χ4v) is 3.63. The number of rotatable bonds is 1. The van der Waals surface area contributed by atoms with E-state index >= 15 is 0 Å². The van der Waals surface area contributed by atoms with Crippen LogP contribution in [0, 0.1) is 0 Å². The number of halogens is 3. The average molecular weight is 377 g/mol. The van der Waals surface area contributed by atoms with Crippen LogP contribution in [0.25, 0.3) is 33.3 Å². The molecule has 0 spiro atoms. The first kappa shape index (κ1) is 16.8. The largest absolute Gasteiger partial charge is 0.488 e. The van der Waals surface area contributed by atoms with Gasteiger partial charge in [-0.1, -0.05) is 42.5 Å². The van der Waals surface area contributed by atoms with Crippen LogP contribution in [-0.4, -0.2) is 4.98 Å². The van der Waals surface area contributed by atoms with Crippen molar-refractivity contribution in [2.45, 2.75) is 12.8 Å². The quantitative estimate of drug-likeness (QED) is 0.379. The highest BCUT2D eigenvalue weighted by molar-refractivity contribution is 5.92. The number of pyridine rings is 1. The van der Waals surface area contributed by atoms with Crippen LogP contribution >= 0.6 is 0 Å². The van der Waals surface area contributed by atoms with E-state index in [1.165, 1.54) is 12.1 Å². The van der Waals surface area contributed by atoms with Gasteiger partial charge in [0.25, 0.3) is 0 Å². The van der Waals surface area contributed by atoms with E-state index in [9.17, 15) is 13.2 Å². The lowest BCUT2D eigenvalue weighted by Gasteiger charge is -2.22. The number of nitrogens with zero attached hydrogens (tertiary/aromatic N) is 1. The minimum absolute atomic E-state index is 0.463. The van der Waals surface area contributed by atoms with E-state index in [0.29, 0.717) is 17.9 Å². The molecule has 4 aromatic rings. The molecule has 0 radical (unpaired) electrons. The van der Waals surface area contributed by atoms with Gasteiger partial charge in [0.1, 0.15) is 12.4 Å². The minimum Gasteiger partial charge on any atom is -0.488 e. The summed E-state index contributed by atoms with van der Waals surface area (Å²) >= 11 is 0. The second-order valence-corrected chi connectivity index (χ2v) is 6.71. The molecule has 28 heavy (non-hydrogen) atoms. The summed E-state index contributed by atoms with van der Waals surface area (Å²) in [6.07, 6.45) is -4.34. The second kappa shape index (κ2) is 6.09. The summed E-state index contributed by atoms with van der Waals surface area (Å²) in [6, 6.07) is 20.8. The topological polar surface area (TPSA) is 22.1 Å². The van der Waals surface area contributed by atoms with Gasteiger partial charge in [-0.2, -0.15) is 13.2 Å². The average Bonchev–Trinajstić information content (AvgIpc) is 2.72. The molecule has 138 valence electrons. The predicted molar refractivity (Wildman–Crippen MR) is 102 cm³/mol. The molecule has 0 saturated carbocycles. The van der Waals surface area contributed by atoms with Crippen LogP contribution in [0.15, 0.2) is 72.8 Å². The molecule has 0 unspecified atom stereocenters. The molecular weight excluding hydrogens is 363 g/mol. The molecule has 0 bridgehead atoms. The summed E-state index contributed by atoms with van der Waals surface area (Å²) in [7, 11) is 0. The molecule has 5 rings (SSSR count). The van der Waals surface area contributed by atoms with Crippen LogP contribution < -0.4 is 4.74 Å². The number of hydrogen-bond acceptors (Lipinski definition) is 2. The molecule has 0 N–H and O–H groups in total. The van der Waals surface area contributed by atoms with Gasteiger partial charge in [0.05, 0.1) is 16.8 Å². The molecular formula is C23H14F3NO. The van der Waals surface area contributed by atoms with Crippen molar-refractivity contribution in [3.63, 3.8) is 0 Å². The molecule has 0 saturated heterocycles. The van der Waals surface area contributed by atoms with Gasteiger partial charge in [-0.3, -0.25) is 0 Å². The number of fused-ring (bicyclic) bond motifs is 5. The molecule has 0 aliphatic carbocycles. The fraction of sp³-hybridized carbons (Fsp3) is 0.0870. The Labute approximate surface area is 159 Å². The normalized spacial score (nSPS) is 13.0. The Kier molecular flexibility index (Phi) is 3.66. The minimum atomic E-state index is -4.34. The standard InChI is InChI=1S/C23H14F3NO/c24-23(25,26)15-7-5-14(6-8-15)20-11-10-17-19-13-28-22-4-2-1-3-18(22)16(19)9-12-21(17)27-20/h1-12H,13H2. The third-order valence-corrected chi connectivity index (χ3v) is 5.04. The van der Waals surface area contributed by atoms with Gasteiger partial charge < -0.3 is 4.74 Å². The zero-order chi connectivity index (χ0) is 19.3. The SMILES string of the molecule is FC(F)(F)c1ccc(-c2ccc3c4c(ccc3n2)-c2ccccc2OC4)cc1. The predicted octanol–water partition coefficient (Wildman–Crippen LogP) is 6.48. The zero-order valence-corrected chi connectivity index (χ0v) is 14.6. The van der Waals surface area contributed by atoms with Gasteiger partial charge in [0.2, 0.25) is 0 Å². The van der Waals surface area contributed by atoms with Crippen molar-refractivity contribution < 1.29 is 17.9 Å². The number of para-hydroxylation sites is 1. The van der Waals surface area contributed by atoms with Crippen molar-refractivity contribution in [2.24, 2.45) is 0 Å². The van der Waals surface area contributed by atoms with Crippen LogP contribution in [0.5, 0.6) is 5.75 Å². The summed E-state index contributed by atoms with van der Waals surface area (Å²) in [6.45, 7) is 0.463. The van der Waals surface area contributed by atoms with Gasteiger partial charge in [0.15, 0.2) is 0 Å². The Morgan fingerprint density at radius 2 is 1.57 bits per heavy atom. The van der Waals surface area contributed by atoms with Crippen molar-refractivity contribution in [2.75, 3.05) is 0 Å². The number of ether oxygens (including phenoxy) is 1. The van der Waals surface area contributed by atoms with Crippen LogP contribution in [0.4, 0.5) is 13.2 Å². The van der Waals surface area contributed by atoms with Gasteiger partial charge in [-0.25, -0.2) is 4.98 Å². The maximum absolute atomic E-state index is 12.8. The maximum Gasteiger partial charge on any atom is 0.416 e. The van der Waals surface area contributed by atoms with Gasteiger partial charge in [0, 0.05) is 22.1 Å². The Hall–Kier alpha value is -3.34. The van der Waals surface area contributed by atoms with E-state index in [4.69, 9.17) is 4.74 Å². The summed E-state index contributed by atoms with van der Waals surface area (Å²) < 4.78 is 44.2. The van der Waals surface area contributed by atoms with E-state index in [0.717, 1.165) is 45.5 Å². The van der Waals surface area contributed by atoms with Gasteiger partial charge >= 0.3 is 6.18 Å². The third kappa shape index (κ3) is 2.71. The lowest BCUT2D eigenvalue weighted by atomic mass is 9.93. The molecule has 5 heteroatoms. The lowest BCUT2D eigenvalue weighted by Crippen LogP contribution is -2.06. The molecule has 0 fully saturated rings. The third-order valence-electron chi connectivity index (χ3n) is 5.04. The summed E-state index contributed by atoms with van der Waals surface area (Å²) in [5, 5.41) is 0.989. The Bertz CT molecular complexity index is 1200. The molecule has 2 nitrogen and oxygen atoms in total. The van der Waals surface area contributed by atoms with E-state index < -0.39 is 11.7 Å². The monoisotopic (exact) mass is 377 g/mol.